The highest BCUT2D eigenvalue weighted by Crippen LogP contribution is 2.21. The standard InChI is InChI=1S/C10H8N4O2S2/c15-18(16,10-5-11-6-17-10)14-8-2-1-7-4-12-13-9(7)3-8/h1-6,14H,(H,12,13). The topological polar surface area (TPSA) is 87.7 Å². The van der Waals surface area contributed by atoms with Crippen molar-refractivity contribution in [2.24, 2.45) is 0 Å². The Hall–Kier alpha value is -1.93. The van der Waals surface area contributed by atoms with Crippen molar-refractivity contribution >= 4 is 38.0 Å². The molecule has 2 aromatic heterocycles. The third-order valence-corrected chi connectivity index (χ3v) is 5.02. The van der Waals surface area contributed by atoms with Gasteiger partial charge in [-0.1, -0.05) is 0 Å². The Morgan fingerprint density at radius 3 is 2.94 bits per heavy atom. The highest BCUT2D eigenvalue weighted by atomic mass is 32.2. The molecule has 3 aromatic rings. The van der Waals surface area contributed by atoms with E-state index >= 15 is 0 Å². The first-order valence-electron chi connectivity index (χ1n) is 4.99. The van der Waals surface area contributed by atoms with Gasteiger partial charge in [-0.3, -0.25) is 14.8 Å². The van der Waals surface area contributed by atoms with E-state index in [4.69, 9.17) is 0 Å². The number of benzene rings is 1. The summed E-state index contributed by atoms with van der Waals surface area (Å²) in [6.45, 7) is 0. The van der Waals surface area contributed by atoms with Gasteiger partial charge in [-0.2, -0.15) is 5.10 Å². The van der Waals surface area contributed by atoms with E-state index in [1.807, 2.05) is 0 Å². The molecule has 92 valence electrons. The third-order valence-electron chi connectivity index (χ3n) is 2.37. The molecule has 0 bridgehead atoms. The van der Waals surface area contributed by atoms with Crippen LogP contribution in [0.15, 0.2) is 40.3 Å². The summed E-state index contributed by atoms with van der Waals surface area (Å²) in [6, 6.07) is 5.18. The van der Waals surface area contributed by atoms with Crippen LogP contribution in [0.1, 0.15) is 0 Å². The highest BCUT2D eigenvalue weighted by Gasteiger charge is 2.15. The smallest absolute Gasteiger partial charge is 0.273 e. The van der Waals surface area contributed by atoms with E-state index in [0.717, 1.165) is 22.2 Å². The van der Waals surface area contributed by atoms with E-state index in [1.165, 1.54) is 11.7 Å². The number of rotatable bonds is 3. The van der Waals surface area contributed by atoms with E-state index in [2.05, 4.69) is 19.9 Å². The van der Waals surface area contributed by atoms with Crippen LogP contribution in [-0.4, -0.2) is 23.6 Å². The molecule has 0 amide bonds. The zero-order valence-electron chi connectivity index (χ0n) is 8.99. The first-order chi connectivity index (χ1) is 8.65. The van der Waals surface area contributed by atoms with Crippen LogP contribution in [0, 0.1) is 0 Å². The van der Waals surface area contributed by atoms with Gasteiger partial charge in [-0.05, 0) is 18.2 Å². The molecular formula is C10H8N4O2S2. The van der Waals surface area contributed by atoms with E-state index in [1.54, 1.807) is 24.4 Å². The van der Waals surface area contributed by atoms with Crippen LogP contribution in [0.4, 0.5) is 5.69 Å². The number of fused-ring (bicyclic) bond motifs is 1. The third kappa shape index (κ3) is 1.95. The van der Waals surface area contributed by atoms with Crippen LogP contribution in [0.25, 0.3) is 10.9 Å². The molecule has 0 aliphatic heterocycles. The lowest BCUT2D eigenvalue weighted by molar-refractivity contribution is 0.603. The van der Waals surface area contributed by atoms with Crippen molar-refractivity contribution in [1.29, 1.82) is 0 Å². The Kier molecular flexibility index (Phi) is 2.53. The first kappa shape index (κ1) is 11.2. The minimum absolute atomic E-state index is 0.187. The van der Waals surface area contributed by atoms with E-state index in [-0.39, 0.29) is 4.21 Å². The number of nitrogens with zero attached hydrogens (tertiary/aromatic N) is 2. The minimum atomic E-state index is -3.55. The maximum atomic E-state index is 12.0. The second-order valence-electron chi connectivity index (χ2n) is 3.60. The van der Waals surface area contributed by atoms with Crippen LogP contribution in [0.5, 0.6) is 0 Å². The Labute approximate surface area is 107 Å². The lowest BCUT2D eigenvalue weighted by Crippen LogP contribution is -2.11. The van der Waals surface area contributed by atoms with Crippen molar-refractivity contribution in [3.63, 3.8) is 0 Å². The summed E-state index contributed by atoms with van der Waals surface area (Å²) in [5.41, 5.74) is 2.74. The number of hydrogen-bond donors (Lipinski definition) is 2. The molecule has 0 spiro atoms. The van der Waals surface area contributed by atoms with E-state index < -0.39 is 10.0 Å². The van der Waals surface area contributed by atoms with Gasteiger partial charge in [0.2, 0.25) is 0 Å². The molecule has 8 heteroatoms. The predicted molar refractivity (Wildman–Crippen MR) is 69.0 cm³/mol. The van der Waals surface area contributed by atoms with Gasteiger partial charge < -0.3 is 0 Å². The fourth-order valence-corrected chi connectivity index (χ4v) is 3.39. The Morgan fingerprint density at radius 2 is 2.17 bits per heavy atom. The average molecular weight is 280 g/mol. The summed E-state index contributed by atoms with van der Waals surface area (Å²) in [6.07, 6.45) is 3.00. The lowest BCUT2D eigenvalue weighted by Gasteiger charge is -2.05. The number of aromatic amines is 1. The van der Waals surface area contributed by atoms with Gasteiger partial charge in [-0.15, -0.1) is 11.3 Å². The van der Waals surface area contributed by atoms with Crippen molar-refractivity contribution in [2.45, 2.75) is 4.21 Å². The summed E-state index contributed by atoms with van der Waals surface area (Å²) < 4.78 is 26.6. The van der Waals surface area contributed by atoms with Crippen molar-refractivity contribution < 1.29 is 8.42 Å². The Bertz CT molecular complexity index is 777. The van der Waals surface area contributed by atoms with Gasteiger partial charge in [0.25, 0.3) is 10.0 Å². The fourth-order valence-electron chi connectivity index (χ4n) is 1.54. The number of thiazole rings is 1. The van der Waals surface area contributed by atoms with Gasteiger partial charge in [0.05, 0.1) is 29.1 Å². The second-order valence-corrected chi connectivity index (χ2v) is 6.39. The lowest BCUT2D eigenvalue weighted by atomic mass is 10.2. The van der Waals surface area contributed by atoms with Crippen LogP contribution in [0.3, 0.4) is 0 Å². The summed E-state index contributed by atoms with van der Waals surface area (Å²) in [4.78, 5) is 3.75. The molecule has 0 aliphatic rings. The molecule has 0 atom stereocenters. The number of H-pyrrole nitrogens is 1. The van der Waals surface area contributed by atoms with Gasteiger partial charge in [-0.25, -0.2) is 8.42 Å². The molecule has 18 heavy (non-hydrogen) atoms. The summed E-state index contributed by atoms with van der Waals surface area (Å²) in [5.74, 6) is 0. The normalized spacial score (nSPS) is 11.8. The number of anilines is 1. The van der Waals surface area contributed by atoms with E-state index in [9.17, 15) is 8.42 Å². The summed E-state index contributed by atoms with van der Waals surface area (Å²) in [5, 5.41) is 7.59. The van der Waals surface area contributed by atoms with Crippen molar-refractivity contribution in [2.75, 3.05) is 4.72 Å². The van der Waals surface area contributed by atoms with Crippen molar-refractivity contribution in [1.82, 2.24) is 15.2 Å². The molecule has 6 nitrogen and oxygen atoms in total. The second kappa shape index (κ2) is 4.07. The maximum Gasteiger partial charge on any atom is 0.273 e. The summed E-state index contributed by atoms with van der Waals surface area (Å²) in [7, 11) is -3.55. The van der Waals surface area contributed by atoms with Gasteiger partial charge in [0.1, 0.15) is 0 Å². The fraction of sp³-hybridized carbons (Fsp3) is 0. The summed E-state index contributed by atoms with van der Waals surface area (Å²) >= 11 is 1.07. The minimum Gasteiger partial charge on any atom is -0.279 e. The van der Waals surface area contributed by atoms with Crippen molar-refractivity contribution in [3.05, 3.63) is 36.1 Å². The Morgan fingerprint density at radius 1 is 1.28 bits per heavy atom. The van der Waals surface area contributed by atoms with Gasteiger partial charge in [0, 0.05) is 5.39 Å². The molecule has 0 aliphatic carbocycles. The molecule has 2 heterocycles. The molecule has 0 saturated carbocycles. The zero-order chi connectivity index (χ0) is 12.6. The monoisotopic (exact) mass is 280 g/mol. The van der Waals surface area contributed by atoms with Crippen molar-refractivity contribution in [3.8, 4) is 0 Å². The zero-order valence-corrected chi connectivity index (χ0v) is 10.6. The number of aromatic nitrogens is 3. The number of sulfonamides is 1. The Balaban J connectivity index is 1.97. The van der Waals surface area contributed by atoms with Gasteiger partial charge >= 0.3 is 0 Å². The van der Waals surface area contributed by atoms with Crippen LogP contribution >= 0.6 is 11.3 Å². The molecule has 0 fully saturated rings. The quantitative estimate of drug-likeness (QED) is 0.766. The highest BCUT2D eigenvalue weighted by molar-refractivity contribution is 7.94. The molecule has 3 rings (SSSR count). The first-order valence-corrected chi connectivity index (χ1v) is 7.36. The van der Waals surface area contributed by atoms with E-state index in [0.29, 0.717) is 5.69 Å². The molecule has 0 saturated heterocycles. The maximum absolute atomic E-state index is 12.0. The van der Waals surface area contributed by atoms with Crippen LogP contribution in [-0.2, 0) is 10.0 Å². The number of nitrogens with one attached hydrogen (secondary N) is 2. The molecule has 2 N–H and O–H groups in total. The largest absolute Gasteiger partial charge is 0.279 e. The number of hydrogen-bond acceptors (Lipinski definition) is 5. The average Bonchev–Trinajstić information content (AvgIpc) is 2.99. The molecule has 0 radical (unpaired) electrons. The molecule has 0 unspecified atom stereocenters. The molecule has 1 aromatic carbocycles. The van der Waals surface area contributed by atoms with Crippen LogP contribution in [0.2, 0.25) is 0 Å². The van der Waals surface area contributed by atoms with Gasteiger partial charge in [0.15, 0.2) is 4.21 Å². The predicted octanol–water partition coefficient (Wildman–Crippen LogP) is 1.82. The van der Waals surface area contributed by atoms with Crippen LogP contribution < -0.4 is 4.72 Å². The molecular weight excluding hydrogens is 272 g/mol. The SMILES string of the molecule is O=S(=O)(Nc1ccc2cn[nH]c2c1)c1cncs1.